The summed E-state index contributed by atoms with van der Waals surface area (Å²) in [5, 5.41) is 0. The van der Waals surface area contributed by atoms with Gasteiger partial charge >= 0.3 is 6.09 Å². The molecule has 7 nitrogen and oxygen atoms in total. The van der Waals surface area contributed by atoms with Crippen LogP contribution in [0.5, 0.6) is 11.5 Å². The number of benzene rings is 1. The molecule has 0 fully saturated rings. The fourth-order valence-corrected chi connectivity index (χ4v) is 1.61. The molecule has 1 aromatic carbocycles. The molecule has 2 amide bonds. The maximum absolute atomic E-state index is 11.8. The average Bonchev–Trinajstić information content (AvgIpc) is 2.57. The normalized spacial score (nSPS) is 9.78. The molecule has 23 heavy (non-hydrogen) atoms. The van der Waals surface area contributed by atoms with Crippen molar-refractivity contribution in [2.75, 3.05) is 20.8 Å². The molecule has 0 saturated heterocycles. The molecule has 0 heterocycles. The first kappa shape index (κ1) is 17.9. The van der Waals surface area contributed by atoms with E-state index in [-0.39, 0.29) is 13.0 Å². The summed E-state index contributed by atoms with van der Waals surface area (Å²) < 4.78 is 15.0. The number of hydrogen-bond donors (Lipinski definition) is 2. The molecule has 1 aromatic rings. The van der Waals surface area contributed by atoms with E-state index in [9.17, 15) is 9.59 Å². The minimum Gasteiger partial charge on any atom is -0.497 e. The van der Waals surface area contributed by atoms with Gasteiger partial charge in [0.15, 0.2) is 0 Å². The van der Waals surface area contributed by atoms with Crippen LogP contribution in [0.25, 0.3) is 0 Å². The Hall–Kier alpha value is -3.14. The lowest BCUT2D eigenvalue weighted by Gasteiger charge is -2.11. The maximum atomic E-state index is 11.8. The lowest BCUT2D eigenvalue weighted by atomic mass is 10.1. The molecule has 0 aliphatic rings. The fraction of sp³-hybridized carbons (Fsp3) is 0.250. The predicted octanol–water partition coefficient (Wildman–Crippen LogP) is 1.19. The minimum atomic E-state index is -0.790. The van der Waals surface area contributed by atoms with Crippen molar-refractivity contribution in [3.8, 4) is 23.8 Å². The zero-order chi connectivity index (χ0) is 17.1. The highest BCUT2D eigenvalue weighted by atomic mass is 16.6. The Kier molecular flexibility index (Phi) is 7.58. The van der Waals surface area contributed by atoms with Crippen LogP contribution >= 0.6 is 0 Å². The molecular weight excluding hydrogens is 300 g/mol. The molecule has 0 aromatic heterocycles. The molecule has 0 atom stereocenters. The van der Waals surface area contributed by atoms with Crippen LogP contribution in [0.3, 0.4) is 0 Å². The molecule has 122 valence electrons. The number of methoxy groups -OCH3 is 2. The van der Waals surface area contributed by atoms with Crippen molar-refractivity contribution in [2.45, 2.75) is 6.42 Å². The zero-order valence-corrected chi connectivity index (χ0v) is 12.9. The Morgan fingerprint density at radius 2 is 2.04 bits per heavy atom. The van der Waals surface area contributed by atoms with Crippen molar-refractivity contribution < 1.29 is 23.8 Å². The van der Waals surface area contributed by atoms with Crippen molar-refractivity contribution in [3.05, 3.63) is 35.9 Å². The number of allylic oxidation sites excluding steroid dienone is 1. The molecule has 0 aliphatic carbocycles. The molecule has 0 unspecified atom stereocenters. The molecule has 0 spiro atoms. The lowest BCUT2D eigenvalue weighted by Crippen LogP contribution is -2.42. The number of ether oxygens (including phenoxy) is 3. The van der Waals surface area contributed by atoms with Gasteiger partial charge in [-0.15, -0.1) is 6.42 Å². The van der Waals surface area contributed by atoms with Crippen LogP contribution < -0.4 is 20.3 Å². The standard InChI is InChI=1S/C16H18N2O5/c1-4-5-6-9-23-16(20)18-17-15(19)10-12-7-8-13(21-2)11-14(12)22-3/h1,5-8,11H,9-10H2,2-3H3,(H,17,19)(H,18,20)/b6-5+. The van der Waals surface area contributed by atoms with Gasteiger partial charge in [-0.05, 0) is 18.2 Å². The van der Waals surface area contributed by atoms with Gasteiger partial charge in [-0.1, -0.05) is 12.0 Å². The number of amides is 2. The summed E-state index contributed by atoms with van der Waals surface area (Å²) in [4.78, 5) is 23.1. The van der Waals surface area contributed by atoms with Gasteiger partial charge in [0.2, 0.25) is 5.91 Å². The molecular formula is C16H18N2O5. The summed E-state index contributed by atoms with van der Waals surface area (Å²) in [5.41, 5.74) is 5.02. The number of rotatable bonds is 6. The number of carbonyl (C=O) groups is 2. The topological polar surface area (TPSA) is 85.9 Å². The van der Waals surface area contributed by atoms with Gasteiger partial charge < -0.3 is 14.2 Å². The third kappa shape index (κ3) is 6.44. The van der Waals surface area contributed by atoms with Crippen LogP contribution in [0.15, 0.2) is 30.4 Å². The monoisotopic (exact) mass is 318 g/mol. The van der Waals surface area contributed by atoms with E-state index < -0.39 is 12.0 Å². The van der Waals surface area contributed by atoms with E-state index in [4.69, 9.17) is 20.6 Å². The summed E-state index contributed by atoms with van der Waals surface area (Å²) in [6.07, 6.45) is 7.11. The SMILES string of the molecule is C#C/C=C/COC(=O)NNC(=O)Cc1ccc(OC)cc1OC. The minimum absolute atomic E-state index is 0.0121. The highest BCUT2D eigenvalue weighted by molar-refractivity contribution is 5.81. The zero-order valence-electron chi connectivity index (χ0n) is 12.9. The van der Waals surface area contributed by atoms with Gasteiger partial charge in [-0.25, -0.2) is 10.2 Å². The Morgan fingerprint density at radius 1 is 1.26 bits per heavy atom. The maximum Gasteiger partial charge on any atom is 0.426 e. The summed E-state index contributed by atoms with van der Waals surface area (Å²) in [6.45, 7) is 0.0121. The summed E-state index contributed by atoms with van der Waals surface area (Å²) in [6, 6.07) is 5.09. The number of nitrogens with one attached hydrogen (secondary N) is 2. The molecule has 0 saturated carbocycles. The third-order valence-corrected chi connectivity index (χ3v) is 2.67. The molecule has 0 bridgehead atoms. The van der Waals surface area contributed by atoms with Crippen LogP contribution in [0.4, 0.5) is 4.79 Å². The largest absolute Gasteiger partial charge is 0.497 e. The summed E-state index contributed by atoms with van der Waals surface area (Å²) >= 11 is 0. The van der Waals surface area contributed by atoms with Gasteiger partial charge in [0.25, 0.3) is 0 Å². The van der Waals surface area contributed by atoms with Crippen molar-refractivity contribution in [1.29, 1.82) is 0 Å². The van der Waals surface area contributed by atoms with Crippen LogP contribution in [-0.2, 0) is 16.0 Å². The average molecular weight is 318 g/mol. The van der Waals surface area contributed by atoms with E-state index in [2.05, 4.69) is 16.8 Å². The van der Waals surface area contributed by atoms with Crippen molar-refractivity contribution in [2.24, 2.45) is 0 Å². The van der Waals surface area contributed by atoms with E-state index in [1.165, 1.54) is 26.4 Å². The molecule has 2 N–H and O–H groups in total. The predicted molar refractivity (Wildman–Crippen MR) is 83.8 cm³/mol. The Bertz CT molecular complexity index is 619. The smallest absolute Gasteiger partial charge is 0.426 e. The fourth-order valence-electron chi connectivity index (χ4n) is 1.61. The quantitative estimate of drug-likeness (QED) is 0.608. The van der Waals surface area contributed by atoms with Gasteiger partial charge in [0, 0.05) is 11.6 Å². The lowest BCUT2D eigenvalue weighted by molar-refractivity contribution is -0.121. The van der Waals surface area contributed by atoms with Gasteiger partial charge in [0.1, 0.15) is 18.1 Å². The summed E-state index contributed by atoms with van der Waals surface area (Å²) in [5.74, 6) is 2.96. The number of terminal acetylenes is 1. The highest BCUT2D eigenvalue weighted by Crippen LogP contribution is 2.24. The summed E-state index contributed by atoms with van der Waals surface area (Å²) in [7, 11) is 3.03. The Balaban J connectivity index is 2.46. The number of hydrazine groups is 1. The second-order valence-corrected chi connectivity index (χ2v) is 4.20. The third-order valence-electron chi connectivity index (χ3n) is 2.67. The number of hydrogen-bond acceptors (Lipinski definition) is 5. The first-order valence-electron chi connectivity index (χ1n) is 6.64. The molecule has 1 rings (SSSR count). The van der Waals surface area contributed by atoms with E-state index in [1.54, 1.807) is 18.2 Å². The Morgan fingerprint density at radius 3 is 2.70 bits per heavy atom. The molecule has 0 radical (unpaired) electrons. The van der Waals surface area contributed by atoms with E-state index in [0.29, 0.717) is 17.1 Å². The first-order chi connectivity index (χ1) is 11.1. The second kappa shape index (κ2) is 9.73. The van der Waals surface area contributed by atoms with Crippen LogP contribution in [-0.4, -0.2) is 32.8 Å². The van der Waals surface area contributed by atoms with Gasteiger partial charge in [-0.3, -0.25) is 10.2 Å². The van der Waals surface area contributed by atoms with Crippen molar-refractivity contribution in [3.63, 3.8) is 0 Å². The number of carbonyl (C=O) groups excluding carboxylic acids is 2. The van der Waals surface area contributed by atoms with Crippen LogP contribution in [0.2, 0.25) is 0 Å². The van der Waals surface area contributed by atoms with Crippen LogP contribution in [0, 0.1) is 12.3 Å². The highest BCUT2D eigenvalue weighted by Gasteiger charge is 2.11. The Labute approximate surface area is 134 Å². The molecule has 0 aliphatic heterocycles. The second-order valence-electron chi connectivity index (χ2n) is 4.20. The van der Waals surface area contributed by atoms with E-state index in [0.717, 1.165) is 0 Å². The van der Waals surface area contributed by atoms with Crippen molar-refractivity contribution in [1.82, 2.24) is 10.9 Å². The van der Waals surface area contributed by atoms with Crippen molar-refractivity contribution >= 4 is 12.0 Å². The van der Waals surface area contributed by atoms with Crippen LogP contribution in [0.1, 0.15) is 5.56 Å². The van der Waals surface area contributed by atoms with E-state index in [1.807, 2.05) is 0 Å². The van der Waals surface area contributed by atoms with Gasteiger partial charge in [-0.2, -0.15) is 0 Å². The van der Waals surface area contributed by atoms with E-state index >= 15 is 0 Å². The molecule has 7 heteroatoms. The first-order valence-corrected chi connectivity index (χ1v) is 6.64. The van der Waals surface area contributed by atoms with Gasteiger partial charge in [0.05, 0.1) is 20.6 Å².